The predicted octanol–water partition coefficient (Wildman–Crippen LogP) is 5.69. The van der Waals surface area contributed by atoms with Crippen molar-refractivity contribution in [3.8, 4) is 11.4 Å². The molecule has 26 heavy (non-hydrogen) atoms. The molecule has 4 bridgehead atoms. The molecule has 2 aromatic heterocycles. The van der Waals surface area contributed by atoms with Crippen molar-refractivity contribution < 1.29 is 0 Å². The van der Waals surface area contributed by atoms with E-state index in [1.807, 2.05) is 6.20 Å². The third kappa shape index (κ3) is 2.85. The van der Waals surface area contributed by atoms with Gasteiger partial charge >= 0.3 is 0 Å². The molecule has 0 spiro atoms. The number of nitrogens with one attached hydrogen (secondary N) is 2. The number of hydrogen-bond acceptors (Lipinski definition) is 1. The summed E-state index contributed by atoms with van der Waals surface area (Å²) in [5.74, 6) is 2.86. The van der Waals surface area contributed by atoms with Gasteiger partial charge in [-0.15, -0.1) is 12.4 Å². The maximum absolute atomic E-state index is 5.25. The van der Waals surface area contributed by atoms with E-state index in [2.05, 4.69) is 42.2 Å². The third-order valence-electron chi connectivity index (χ3n) is 7.11. The standard InChI is InChI=1S/C22H29N3.ClH/c1-3-18-14(2)20(25-21(18)19-5-4-6-23-19)13-24-22-10-15-7-16(11-22)9-17(8-15)12-22;/h4-6,13,15-17,23,25H,3,7-12H2,1-2H3;1H. The lowest BCUT2D eigenvalue weighted by Gasteiger charge is -2.54. The molecule has 0 saturated heterocycles. The van der Waals surface area contributed by atoms with Crippen LogP contribution < -0.4 is 0 Å². The molecule has 0 unspecified atom stereocenters. The first kappa shape index (κ1) is 17.9. The first-order valence-corrected chi connectivity index (χ1v) is 10.1. The van der Waals surface area contributed by atoms with Crippen molar-refractivity contribution in [2.24, 2.45) is 22.7 Å². The zero-order chi connectivity index (χ0) is 17.0. The summed E-state index contributed by atoms with van der Waals surface area (Å²) in [7, 11) is 0. The second-order valence-electron chi connectivity index (χ2n) is 8.85. The highest BCUT2D eigenvalue weighted by atomic mass is 35.5. The van der Waals surface area contributed by atoms with Crippen molar-refractivity contribution in [3.63, 3.8) is 0 Å². The summed E-state index contributed by atoms with van der Waals surface area (Å²) in [5, 5.41) is 0. The molecule has 0 aliphatic heterocycles. The van der Waals surface area contributed by atoms with Crippen molar-refractivity contribution in [2.75, 3.05) is 0 Å². The summed E-state index contributed by atoms with van der Waals surface area (Å²) in [6, 6.07) is 4.21. The number of H-pyrrole nitrogens is 2. The van der Waals surface area contributed by atoms with Gasteiger partial charge in [-0.05, 0) is 92.9 Å². The Hall–Kier alpha value is -1.48. The van der Waals surface area contributed by atoms with Gasteiger partial charge in [-0.2, -0.15) is 0 Å². The minimum absolute atomic E-state index is 0. The van der Waals surface area contributed by atoms with Crippen LogP contribution in [0.4, 0.5) is 0 Å². The van der Waals surface area contributed by atoms with Crippen molar-refractivity contribution in [1.82, 2.24) is 9.97 Å². The Morgan fingerprint density at radius 2 is 1.81 bits per heavy atom. The van der Waals surface area contributed by atoms with Gasteiger partial charge in [0.1, 0.15) is 0 Å². The molecule has 140 valence electrons. The lowest BCUT2D eigenvalue weighted by atomic mass is 9.53. The Labute approximate surface area is 162 Å². The van der Waals surface area contributed by atoms with Crippen LogP contribution in [0, 0.1) is 24.7 Å². The molecule has 0 amide bonds. The summed E-state index contributed by atoms with van der Waals surface area (Å²) in [4.78, 5) is 12.2. The van der Waals surface area contributed by atoms with Gasteiger partial charge in [-0.25, -0.2) is 0 Å². The number of nitrogens with zero attached hydrogens (tertiary/aromatic N) is 1. The van der Waals surface area contributed by atoms with Crippen molar-refractivity contribution in [3.05, 3.63) is 35.2 Å². The van der Waals surface area contributed by atoms with E-state index in [9.17, 15) is 0 Å². The van der Waals surface area contributed by atoms with Crippen LogP contribution in [-0.4, -0.2) is 21.7 Å². The number of rotatable bonds is 4. The number of aromatic amines is 2. The van der Waals surface area contributed by atoms with Gasteiger partial charge in [-0.1, -0.05) is 6.92 Å². The van der Waals surface area contributed by atoms with E-state index in [4.69, 9.17) is 4.99 Å². The topological polar surface area (TPSA) is 43.9 Å². The van der Waals surface area contributed by atoms with E-state index in [0.717, 1.165) is 24.2 Å². The maximum atomic E-state index is 5.25. The molecule has 6 rings (SSSR count). The predicted molar refractivity (Wildman–Crippen MR) is 110 cm³/mol. The summed E-state index contributed by atoms with van der Waals surface area (Å²) < 4.78 is 0. The quantitative estimate of drug-likeness (QED) is 0.648. The van der Waals surface area contributed by atoms with Crippen LogP contribution in [0.1, 0.15) is 62.3 Å². The Balaban J connectivity index is 0.00000168. The maximum Gasteiger partial charge on any atom is 0.0659 e. The minimum atomic E-state index is 0. The van der Waals surface area contributed by atoms with Crippen LogP contribution in [0.3, 0.4) is 0 Å². The van der Waals surface area contributed by atoms with Gasteiger partial charge in [0.25, 0.3) is 0 Å². The molecule has 3 nitrogen and oxygen atoms in total. The van der Waals surface area contributed by atoms with Gasteiger partial charge in [0, 0.05) is 12.4 Å². The third-order valence-corrected chi connectivity index (χ3v) is 7.11. The highest BCUT2D eigenvalue weighted by molar-refractivity contribution is 5.85. The van der Waals surface area contributed by atoms with E-state index in [1.54, 1.807) is 0 Å². The Bertz CT molecular complexity index is 764. The molecule has 2 aromatic rings. The minimum Gasteiger partial charge on any atom is -0.360 e. The van der Waals surface area contributed by atoms with Crippen LogP contribution in [0.25, 0.3) is 11.4 Å². The van der Waals surface area contributed by atoms with E-state index in [0.29, 0.717) is 0 Å². The van der Waals surface area contributed by atoms with E-state index in [1.165, 1.54) is 66.7 Å². The van der Waals surface area contributed by atoms with Crippen molar-refractivity contribution in [2.45, 2.75) is 64.3 Å². The zero-order valence-electron chi connectivity index (χ0n) is 15.8. The van der Waals surface area contributed by atoms with Gasteiger partial charge in [0.05, 0.1) is 22.6 Å². The van der Waals surface area contributed by atoms with Gasteiger partial charge in [-0.3, -0.25) is 4.99 Å². The monoisotopic (exact) mass is 371 g/mol. The summed E-state index contributed by atoms with van der Waals surface area (Å²) in [6.07, 6.45) is 13.6. The Morgan fingerprint density at radius 1 is 1.15 bits per heavy atom. The molecule has 4 heteroatoms. The first-order chi connectivity index (χ1) is 12.2. The van der Waals surface area contributed by atoms with Crippen LogP contribution in [0.15, 0.2) is 23.3 Å². The fourth-order valence-electron chi connectivity index (χ4n) is 6.37. The molecule has 4 saturated carbocycles. The summed E-state index contributed by atoms with van der Waals surface area (Å²) >= 11 is 0. The fraction of sp³-hybridized carbons (Fsp3) is 0.591. The average molecular weight is 372 g/mol. The van der Waals surface area contributed by atoms with Gasteiger partial charge in [0.15, 0.2) is 0 Å². The molecule has 4 aliphatic carbocycles. The smallest absolute Gasteiger partial charge is 0.0659 e. The summed E-state index contributed by atoms with van der Waals surface area (Å²) in [6.45, 7) is 4.48. The SMILES string of the molecule is CCc1c(-c2ccc[nH]2)[nH]c(C=NC23CC4CC(CC(C4)C2)C3)c1C.Cl. The van der Waals surface area contributed by atoms with E-state index >= 15 is 0 Å². The fourth-order valence-corrected chi connectivity index (χ4v) is 6.37. The molecular formula is C22H30ClN3. The molecule has 0 atom stereocenters. The van der Waals surface area contributed by atoms with Gasteiger partial charge < -0.3 is 9.97 Å². The van der Waals surface area contributed by atoms with E-state index in [-0.39, 0.29) is 17.9 Å². The molecule has 0 aromatic carbocycles. The molecule has 0 radical (unpaired) electrons. The number of halogens is 1. The van der Waals surface area contributed by atoms with Crippen molar-refractivity contribution >= 4 is 18.6 Å². The van der Waals surface area contributed by atoms with Gasteiger partial charge in [0.2, 0.25) is 0 Å². The van der Waals surface area contributed by atoms with Crippen LogP contribution in [-0.2, 0) is 6.42 Å². The normalized spacial score (nSPS) is 32.3. The number of aliphatic imine (C=N–C) groups is 1. The van der Waals surface area contributed by atoms with E-state index < -0.39 is 0 Å². The lowest BCUT2D eigenvalue weighted by Crippen LogP contribution is -2.49. The molecule has 4 fully saturated rings. The second-order valence-corrected chi connectivity index (χ2v) is 8.85. The largest absolute Gasteiger partial charge is 0.360 e. The molecule has 2 heterocycles. The second kappa shape index (κ2) is 6.60. The highest BCUT2D eigenvalue weighted by Gasteiger charge is 2.50. The van der Waals surface area contributed by atoms with Crippen LogP contribution in [0.5, 0.6) is 0 Å². The molecular weight excluding hydrogens is 342 g/mol. The van der Waals surface area contributed by atoms with Crippen molar-refractivity contribution in [1.29, 1.82) is 0 Å². The molecule has 2 N–H and O–H groups in total. The number of aromatic nitrogens is 2. The summed E-state index contributed by atoms with van der Waals surface area (Å²) in [5.41, 5.74) is 6.64. The number of hydrogen-bond donors (Lipinski definition) is 2. The molecule has 4 aliphatic rings. The Kier molecular flexibility index (Phi) is 4.54. The first-order valence-electron chi connectivity index (χ1n) is 10.1. The zero-order valence-corrected chi connectivity index (χ0v) is 16.7. The lowest BCUT2D eigenvalue weighted by molar-refractivity contribution is 0.00194. The average Bonchev–Trinajstić information content (AvgIpc) is 3.19. The Morgan fingerprint density at radius 3 is 2.35 bits per heavy atom. The van der Waals surface area contributed by atoms with Crippen LogP contribution in [0.2, 0.25) is 0 Å². The van der Waals surface area contributed by atoms with Crippen LogP contribution >= 0.6 is 12.4 Å². The highest BCUT2D eigenvalue weighted by Crippen LogP contribution is 2.57.